The van der Waals surface area contributed by atoms with Gasteiger partial charge in [0.15, 0.2) is 0 Å². The summed E-state index contributed by atoms with van der Waals surface area (Å²) in [5, 5.41) is 0. The third-order valence-corrected chi connectivity index (χ3v) is 10.5. The van der Waals surface area contributed by atoms with Gasteiger partial charge in [-0.15, -0.1) is 24.3 Å². The molecule has 1 aliphatic heterocycles. The van der Waals surface area contributed by atoms with Crippen molar-refractivity contribution in [3.05, 3.63) is 47.5 Å². The van der Waals surface area contributed by atoms with Crippen molar-refractivity contribution in [1.29, 1.82) is 0 Å². The van der Waals surface area contributed by atoms with E-state index in [-0.39, 0.29) is 36.4 Å². The Morgan fingerprint density at radius 1 is 1.00 bits per heavy atom. The predicted molar refractivity (Wildman–Crippen MR) is 117 cm³/mol. The summed E-state index contributed by atoms with van der Waals surface area (Å²) in [7, 11) is -2.19. The number of hydrogen-bond acceptors (Lipinski definition) is 2. The van der Waals surface area contributed by atoms with Gasteiger partial charge >= 0.3 is 8.48 Å². The third kappa shape index (κ3) is 2.35. The fourth-order valence-corrected chi connectivity index (χ4v) is 7.55. The first-order valence-electron chi connectivity index (χ1n) is 10.2. The molecule has 0 fully saturated rings. The summed E-state index contributed by atoms with van der Waals surface area (Å²) in [6.07, 6.45) is 0. The maximum Gasteiger partial charge on any atom is 0.341 e. The molecule has 3 nitrogen and oxygen atoms in total. The zero-order valence-corrected chi connectivity index (χ0v) is 21.9. The van der Waals surface area contributed by atoms with Gasteiger partial charge in [-0.25, -0.2) is 0 Å². The molecular weight excluding hydrogens is 553 g/mol. The van der Waals surface area contributed by atoms with E-state index in [4.69, 9.17) is 9.41 Å². The molecule has 0 atom stereocenters. The van der Waals surface area contributed by atoms with Gasteiger partial charge in [-0.1, -0.05) is 47.1 Å². The number of fused-ring (bicyclic) bond motifs is 6. The van der Waals surface area contributed by atoms with E-state index in [9.17, 15) is 0 Å². The first-order chi connectivity index (χ1) is 12.9. The number of aromatic nitrogens is 2. The van der Waals surface area contributed by atoms with Gasteiger partial charge in [0.25, 0.3) is 0 Å². The van der Waals surface area contributed by atoms with E-state index in [0.29, 0.717) is 0 Å². The van der Waals surface area contributed by atoms with Crippen LogP contribution >= 0.6 is 0 Å². The van der Waals surface area contributed by atoms with Crippen LogP contribution in [0.4, 0.5) is 0 Å². The van der Waals surface area contributed by atoms with Crippen LogP contribution in [0.3, 0.4) is 0 Å². The second-order valence-corrected chi connectivity index (χ2v) is 14.0. The maximum absolute atomic E-state index is 6.50. The Morgan fingerprint density at radius 3 is 2.28 bits per heavy atom. The fourth-order valence-electron chi connectivity index (χ4n) is 5.32. The van der Waals surface area contributed by atoms with Gasteiger partial charge in [-0.3, -0.25) is 4.98 Å². The van der Waals surface area contributed by atoms with Crippen molar-refractivity contribution >= 4 is 19.5 Å². The molecule has 2 heterocycles. The number of rotatable bonds is 0. The summed E-state index contributed by atoms with van der Waals surface area (Å²) >= 11 is 0. The van der Waals surface area contributed by atoms with Crippen LogP contribution in [0.2, 0.25) is 13.1 Å². The van der Waals surface area contributed by atoms with Gasteiger partial charge in [0.1, 0.15) is 0 Å². The Labute approximate surface area is 188 Å². The predicted octanol–water partition coefficient (Wildman–Crippen LogP) is 6.04. The molecule has 0 saturated heterocycles. The van der Waals surface area contributed by atoms with E-state index in [1.54, 1.807) is 0 Å². The van der Waals surface area contributed by atoms with E-state index in [1.807, 2.05) is 18.2 Å². The van der Waals surface area contributed by atoms with Gasteiger partial charge in [0.05, 0.1) is 16.9 Å². The minimum atomic E-state index is -2.19. The van der Waals surface area contributed by atoms with Gasteiger partial charge in [-0.05, 0) is 52.6 Å². The topological polar surface area (TPSA) is 27.1 Å². The summed E-state index contributed by atoms with van der Waals surface area (Å²) < 4.78 is 8.88. The Bertz CT molecular complexity index is 1160. The second kappa shape index (κ2) is 5.84. The van der Waals surface area contributed by atoms with E-state index in [0.717, 1.165) is 22.7 Å². The van der Waals surface area contributed by atoms with Crippen LogP contribution in [0.5, 0.6) is 5.75 Å². The zero-order chi connectivity index (χ0) is 20.3. The molecule has 5 heteroatoms. The van der Waals surface area contributed by atoms with E-state index < -0.39 is 8.48 Å². The largest absolute Gasteiger partial charge is 0.573 e. The molecule has 0 saturated carbocycles. The number of imidazole rings is 1. The minimum Gasteiger partial charge on any atom is -0.573 e. The van der Waals surface area contributed by atoms with Crippen LogP contribution < -0.4 is 4.43 Å². The van der Waals surface area contributed by atoms with E-state index >= 15 is 0 Å². The average molecular weight is 582 g/mol. The summed E-state index contributed by atoms with van der Waals surface area (Å²) in [6.45, 7) is 18.9. The molecule has 1 aromatic heterocycles. The Balaban J connectivity index is 0.00000205. The standard InChI is InChI=1S/C24H29N2OSi.Ir/c1-22(2)16-13-18-19(14-17(16)23(3,4)24(22,5)6)26-21(25-18)15-11-9-10-12-20(15)27-28(26,7)8;/h9-10,12-14H,1-8H3;/q-1;. The molecule has 0 spiro atoms. The molecule has 2 aromatic carbocycles. The number of nitrogens with zero attached hydrogens (tertiary/aromatic N) is 2. The van der Waals surface area contributed by atoms with Crippen molar-refractivity contribution in [3.63, 3.8) is 0 Å². The second-order valence-electron chi connectivity index (χ2n) is 10.5. The van der Waals surface area contributed by atoms with Crippen LogP contribution in [0.25, 0.3) is 22.4 Å². The molecule has 155 valence electrons. The molecule has 5 rings (SSSR count). The molecular formula is C24H29IrN2OSi-. The fraction of sp³-hybridized carbons (Fsp3) is 0.458. The average Bonchev–Trinajstić information content (AvgIpc) is 3.03. The van der Waals surface area contributed by atoms with Crippen LogP contribution in [-0.4, -0.2) is 17.7 Å². The van der Waals surface area contributed by atoms with Gasteiger partial charge in [0, 0.05) is 25.9 Å². The summed E-state index contributed by atoms with van der Waals surface area (Å²) in [4.78, 5) is 5.12. The van der Waals surface area contributed by atoms with Crippen molar-refractivity contribution < 1.29 is 24.5 Å². The van der Waals surface area contributed by atoms with Gasteiger partial charge < -0.3 is 8.66 Å². The zero-order valence-electron chi connectivity index (χ0n) is 18.5. The smallest absolute Gasteiger partial charge is 0.341 e. The molecule has 0 bridgehead atoms. The maximum atomic E-state index is 6.50. The van der Waals surface area contributed by atoms with Crippen LogP contribution in [0.15, 0.2) is 30.3 Å². The van der Waals surface area contributed by atoms with Crippen molar-refractivity contribution in [2.45, 2.75) is 65.5 Å². The first-order valence-corrected chi connectivity index (χ1v) is 13.0. The summed E-state index contributed by atoms with van der Waals surface area (Å²) in [5.74, 6) is 1.92. The Morgan fingerprint density at radius 2 is 1.62 bits per heavy atom. The van der Waals surface area contributed by atoms with Crippen molar-refractivity contribution in [2.24, 2.45) is 5.41 Å². The first kappa shape index (κ1) is 20.8. The molecule has 29 heavy (non-hydrogen) atoms. The Kier molecular flexibility index (Phi) is 4.19. The minimum absolute atomic E-state index is 0. The van der Waals surface area contributed by atoms with Crippen molar-refractivity contribution in [3.8, 4) is 17.1 Å². The van der Waals surface area contributed by atoms with Crippen LogP contribution in [0, 0.1) is 11.5 Å². The summed E-state index contributed by atoms with van der Waals surface area (Å²) in [5.41, 5.74) is 6.45. The molecule has 1 radical (unpaired) electrons. The van der Waals surface area contributed by atoms with Gasteiger partial charge in [-0.2, -0.15) is 0 Å². The molecule has 2 aliphatic rings. The SMILES string of the molecule is CC1(C)c2cc3nc4n(c3cc2C(C)(C)C1(C)C)[Si](C)(C)Oc1ccc[c-]c1-4.[Ir]. The van der Waals surface area contributed by atoms with Crippen LogP contribution in [0.1, 0.15) is 52.7 Å². The summed E-state index contributed by atoms with van der Waals surface area (Å²) in [6, 6.07) is 14.1. The monoisotopic (exact) mass is 582 g/mol. The molecule has 0 unspecified atom stereocenters. The molecule has 1 aliphatic carbocycles. The van der Waals surface area contributed by atoms with Crippen molar-refractivity contribution in [2.75, 3.05) is 0 Å². The van der Waals surface area contributed by atoms with E-state index in [1.165, 1.54) is 16.6 Å². The van der Waals surface area contributed by atoms with Crippen molar-refractivity contribution in [1.82, 2.24) is 9.22 Å². The number of hydrogen-bond donors (Lipinski definition) is 0. The third-order valence-electron chi connectivity index (χ3n) is 8.21. The normalized spacial score (nSPS) is 21.5. The Hall–Kier alpha value is -1.42. The quantitative estimate of drug-likeness (QED) is 0.239. The molecule has 3 aromatic rings. The van der Waals surface area contributed by atoms with E-state index in [2.05, 4.69) is 77.1 Å². The molecule has 0 N–H and O–H groups in total. The van der Waals surface area contributed by atoms with Gasteiger partial charge in [0.2, 0.25) is 0 Å². The van der Waals surface area contributed by atoms with Crippen LogP contribution in [-0.2, 0) is 30.9 Å². The number of benzene rings is 2. The molecule has 0 amide bonds.